The van der Waals surface area contributed by atoms with Gasteiger partial charge in [-0.1, -0.05) is 17.7 Å². The summed E-state index contributed by atoms with van der Waals surface area (Å²) in [6, 6.07) is 13.4. The largest absolute Gasteiger partial charge is 0.497 e. The van der Waals surface area contributed by atoms with Gasteiger partial charge >= 0.3 is 0 Å². The lowest BCUT2D eigenvalue weighted by Crippen LogP contribution is -2.32. The van der Waals surface area contributed by atoms with Crippen molar-refractivity contribution in [3.05, 3.63) is 59.1 Å². The molecule has 2 aromatic carbocycles. The molecule has 2 N–H and O–H groups in total. The van der Waals surface area contributed by atoms with Gasteiger partial charge in [-0.05, 0) is 42.5 Å². The molecule has 0 bridgehead atoms. The maximum absolute atomic E-state index is 12.0. The fourth-order valence-corrected chi connectivity index (χ4v) is 1.89. The van der Waals surface area contributed by atoms with Crippen LogP contribution in [0.1, 0.15) is 10.4 Å². The summed E-state index contributed by atoms with van der Waals surface area (Å²) in [6.45, 7) is -0.126. The van der Waals surface area contributed by atoms with Crippen molar-refractivity contribution >= 4 is 29.1 Å². The Morgan fingerprint density at radius 2 is 1.86 bits per heavy atom. The van der Waals surface area contributed by atoms with Crippen molar-refractivity contribution in [3.8, 4) is 5.75 Å². The molecule has 0 spiro atoms. The quantitative estimate of drug-likeness (QED) is 0.890. The standard InChI is InChI=1S/C16H15ClN2O3/c1-22-14-4-2-3-11(9-14)16(21)18-10-15(20)19-13-7-5-12(17)6-8-13/h2-9H,10H2,1H3,(H,18,21)(H,19,20). The van der Waals surface area contributed by atoms with Crippen LogP contribution in [0.4, 0.5) is 5.69 Å². The molecule has 114 valence electrons. The van der Waals surface area contributed by atoms with E-state index in [9.17, 15) is 9.59 Å². The first-order valence-electron chi connectivity index (χ1n) is 6.56. The summed E-state index contributed by atoms with van der Waals surface area (Å²) in [6.07, 6.45) is 0. The zero-order valence-electron chi connectivity index (χ0n) is 11.9. The molecule has 0 aliphatic carbocycles. The van der Waals surface area contributed by atoms with Gasteiger partial charge in [0.25, 0.3) is 5.91 Å². The lowest BCUT2D eigenvalue weighted by molar-refractivity contribution is -0.115. The van der Waals surface area contributed by atoms with Crippen LogP contribution in [0.25, 0.3) is 0 Å². The summed E-state index contributed by atoms with van der Waals surface area (Å²) in [5.41, 5.74) is 1.05. The Balaban J connectivity index is 1.87. The van der Waals surface area contributed by atoms with Crippen LogP contribution >= 0.6 is 11.6 Å². The lowest BCUT2D eigenvalue weighted by Gasteiger charge is -2.08. The summed E-state index contributed by atoms with van der Waals surface area (Å²) in [4.78, 5) is 23.7. The third-order valence-corrected chi connectivity index (χ3v) is 3.12. The number of ether oxygens (including phenoxy) is 1. The predicted octanol–water partition coefficient (Wildman–Crippen LogP) is 2.72. The van der Waals surface area contributed by atoms with Crippen molar-refractivity contribution in [1.82, 2.24) is 5.32 Å². The van der Waals surface area contributed by atoms with Crippen molar-refractivity contribution in [2.75, 3.05) is 19.0 Å². The fraction of sp³-hybridized carbons (Fsp3) is 0.125. The molecule has 0 aliphatic rings. The number of halogens is 1. The van der Waals surface area contributed by atoms with Crippen LogP contribution in [-0.2, 0) is 4.79 Å². The second kappa shape index (κ2) is 7.47. The second-order valence-electron chi connectivity index (χ2n) is 4.47. The molecule has 0 unspecified atom stereocenters. The molecule has 2 rings (SSSR count). The van der Waals surface area contributed by atoms with Gasteiger partial charge in [0.2, 0.25) is 5.91 Å². The Labute approximate surface area is 133 Å². The van der Waals surface area contributed by atoms with E-state index < -0.39 is 0 Å². The number of benzene rings is 2. The first kappa shape index (κ1) is 15.9. The van der Waals surface area contributed by atoms with Gasteiger partial charge in [-0.15, -0.1) is 0 Å². The number of nitrogens with one attached hydrogen (secondary N) is 2. The highest BCUT2D eigenvalue weighted by Gasteiger charge is 2.09. The van der Waals surface area contributed by atoms with Crippen LogP contribution in [0.5, 0.6) is 5.75 Å². The molecule has 0 radical (unpaired) electrons. The number of hydrogen-bond acceptors (Lipinski definition) is 3. The minimum atomic E-state index is -0.342. The molecule has 0 saturated carbocycles. The Hall–Kier alpha value is -2.53. The average molecular weight is 319 g/mol. The summed E-state index contributed by atoms with van der Waals surface area (Å²) in [5, 5.41) is 5.80. The van der Waals surface area contributed by atoms with E-state index in [-0.39, 0.29) is 18.4 Å². The molecule has 2 aromatic rings. The van der Waals surface area contributed by atoms with Crippen LogP contribution in [0.3, 0.4) is 0 Å². The highest BCUT2D eigenvalue weighted by molar-refractivity contribution is 6.30. The van der Waals surface area contributed by atoms with Crippen molar-refractivity contribution in [2.45, 2.75) is 0 Å². The number of rotatable bonds is 5. The monoisotopic (exact) mass is 318 g/mol. The minimum Gasteiger partial charge on any atom is -0.497 e. The molecule has 6 heteroatoms. The van der Waals surface area contributed by atoms with Crippen molar-refractivity contribution in [2.24, 2.45) is 0 Å². The molecule has 0 saturated heterocycles. The van der Waals surface area contributed by atoms with Crippen LogP contribution in [0.15, 0.2) is 48.5 Å². The van der Waals surface area contributed by atoms with Crippen LogP contribution in [-0.4, -0.2) is 25.5 Å². The van der Waals surface area contributed by atoms with Gasteiger partial charge in [-0.3, -0.25) is 9.59 Å². The third-order valence-electron chi connectivity index (χ3n) is 2.87. The molecule has 0 aromatic heterocycles. The van der Waals surface area contributed by atoms with E-state index >= 15 is 0 Å². The highest BCUT2D eigenvalue weighted by atomic mass is 35.5. The minimum absolute atomic E-state index is 0.126. The number of carbonyl (C=O) groups is 2. The molecular formula is C16H15ClN2O3. The SMILES string of the molecule is COc1cccc(C(=O)NCC(=O)Nc2ccc(Cl)cc2)c1. The van der Waals surface area contributed by atoms with E-state index in [1.807, 2.05) is 0 Å². The van der Waals surface area contributed by atoms with Gasteiger partial charge in [-0.2, -0.15) is 0 Å². The summed E-state index contributed by atoms with van der Waals surface area (Å²) < 4.78 is 5.05. The Kier molecular flexibility index (Phi) is 5.38. The topological polar surface area (TPSA) is 67.4 Å². The zero-order chi connectivity index (χ0) is 15.9. The third kappa shape index (κ3) is 4.49. The molecule has 0 fully saturated rings. The molecule has 2 amide bonds. The van der Waals surface area contributed by atoms with Gasteiger partial charge in [0.1, 0.15) is 5.75 Å². The Morgan fingerprint density at radius 3 is 2.55 bits per heavy atom. The molecule has 22 heavy (non-hydrogen) atoms. The molecule has 0 heterocycles. The molecule has 0 atom stereocenters. The van der Waals surface area contributed by atoms with E-state index in [4.69, 9.17) is 16.3 Å². The van der Waals surface area contributed by atoms with Gasteiger partial charge in [0.15, 0.2) is 0 Å². The zero-order valence-corrected chi connectivity index (χ0v) is 12.7. The van der Waals surface area contributed by atoms with Gasteiger partial charge in [-0.25, -0.2) is 0 Å². The van der Waals surface area contributed by atoms with Gasteiger partial charge < -0.3 is 15.4 Å². The van der Waals surface area contributed by atoms with E-state index in [1.165, 1.54) is 7.11 Å². The lowest BCUT2D eigenvalue weighted by atomic mass is 10.2. The number of amides is 2. The number of methoxy groups -OCH3 is 1. The van der Waals surface area contributed by atoms with Crippen LogP contribution in [0.2, 0.25) is 5.02 Å². The maximum atomic E-state index is 12.0. The summed E-state index contributed by atoms with van der Waals surface area (Å²) in [7, 11) is 1.52. The number of anilines is 1. The number of carbonyl (C=O) groups excluding carboxylic acids is 2. The molecule has 5 nitrogen and oxygen atoms in total. The van der Waals surface area contributed by atoms with Crippen LogP contribution < -0.4 is 15.4 Å². The smallest absolute Gasteiger partial charge is 0.251 e. The van der Waals surface area contributed by atoms with E-state index in [2.05, 4.69) is 10.6 Å². The van der Waals surface area contributed by atoms with Crippen molar-refractivity contribution < 1.29 is 14.3 Å². The van der Waals surface area contributed by atoms with Gasteiger partial charge in [0.05, 0.1) is 13.7 Å². The van der Waals surface area contributed by atoms with E-state index in [0.717, 1.165) is 0 Å². The summed E-state index contributed by atoms with van der Waals surface area (Å²) in [5.74, 6) is -0.0815. The number of hydrogen-bond donors (Lipinski definition) is 2. The van der Waals surface area contributed by atoms with E-state index in [0.29, 0.717) is 22.0 Å². The first-order valence-corrected chi connectivity index (χ1v) is 6.94. The maximum Gasteiger partial charge on any atom is 0.251 e. The van der Waals surface area contributed by atoms with Crippen molar-refractivity contribution in [1.29, 1.82) is 0 Å². The predicted molar refractivity (Wildman–Crippen MR) is 85.4 cm³/mol. The molecular weight excluding hydrogens is 304 g/mol. The van der Waals surface area contributed by atoms with E-state index in [1.54, 1.807) is 48.5 Å². The Bertz CT molecular complexity index is 671. The average Bonchev–Trinajstić information content (AvgIpc) is 2.55. The second-order valence-corrected chi connectivity index (χ2v) is 4.91. The van der Waals surface area contributed by atoms with Crippen molar-refractivity contribution in [3.63, 3.8) is 0 Å². The Morgan fingerprint density at radius 1 is 1.14 bits per heavy atom. The normalized spacial score (nSPS) is 9.91. The summed E-state index contributed by atoms with van der Waals surface area (Å²) >= 11 is 5.76. The van der Waals surface area contributed by atoms with Gasteiger partial charge in [0, 0.05) is 16.3 Å². The fourth-order valence-electron chi connectivity index (χ4n) is 1.77. The van der Waals surface area contributed by atoms with Crippen LogP contribution in [0, 0.1) is 0 Å². The molecule has 0 aliphatic heterocycles. The first-order chi connectivity index (χ1) is 10.6. The highest BCUT2D eigenvalue weighted by Crippen LogP contribution is 2.13.